The summed E-state index contributed by atoms with van der Waals surface area (Å²) in [5, 5.41) is 5.74. The third-order valence-electron chi connectivity index (χ3n) is 9.88. The second kappa shape index (κ2) is 13.6. The van der Waals surface area contributed by atoms with Gasteiger partial charge < -0.3 is 19.8 Å². The molecule has 12 heteroatoms. The minimum atomic E-state index is -2.66. The van der Waals surface area contributed by atoms with E-state index in [1.807, 2.05) is 71.8 Å². The van der Waals surface area contributed by atoms with E-state index in [-0.39, 0.29) is 88.1 Å². The lowest BCUT2D eigenvalue weighted by molar-refractivity contribution is -0.130. The van der Waals surface area contributed by atoms with E-state index < -0.39 is 11.8 Å². The molecule has 0 unspecified atom stereocenters. The lowest BCUT2D eigenvalue weighted by Gasteiger charge is -2.27. The standard InChI is InChI=1S/C36H40F4N6O2/c1-45-29(19-41-31(45)21-43-33(47)27-11-15-35(37,38)16-12-27)25-7-3-23(4-8-25)24-5-9-26(10-6-24)30-20-42-32(46(30)2)22-44-34(48)28-13-17-36(39,40)18-14-28/h3-10,19-20,27-28H,11-18,21-22H2,1-2H3,(H,43,47)(H,44,48). The zero-order valence-electron chi connectivity index (χ0n) is 27.1. The largest absolute Gasteiger partial charge is 0.349 e. The Morgan fingerprint density at radius 3 is 1.27 bits per heavy atom. The number of rotatable bonds is 9. The zero-order chi connectivity index (χ0) is 34.1. The summed E-state index contributed by atoms with van der Waals surface area (Å²) in [5.74, 6) is -5.15. The highest BCUT2D eigenvalue weighted by Gasteiger charge is 2.38. The fourth-order valence-electron chi connectivity index (χ4n) is 6.65. The normalized spacial score (nSPS) is 18.0. The predicted molar refractivity (Wildman–Crippen MR) is 174 cm³/mol. The number of hydrogen-bond acceptors (Lipinski definition) is 4. The molecule has 2 heterocycles. The molecule has 254 valence electrons. The average Bonchev–Trinajstić information content (AvgIpc) is 3.63. The van der Waals surface area contributed by atoms with Crippen molar-refractivity contribution in [2.45, 2.75) is 76.3 Å². The molecule has 2 aromatic carbocycles. The number of nitrogens with zero attached hydrogens (tertiary/aromatic N) is 4. The van der Waals surface area contributed by atoms with Crippen molar-refractivity contribution in [2.75, 3.05) is 0 Å². The van der Waals surface area contributed by atoms with Crippen molar-refractivity contribution in [3.63, 3.8) is 0 Å². The minimum absolute atomic E-state index is 0.196. The molecule has 2 fully saturated rings. The van der Waals surface area contributed by atoms with Crippen LogP contribution in [0.1, 0.15) is 63.0 Å². The topological polar surface area (TPSA) is 93.8 Å². The third-order valence-corrected chi connectivity index (χ3v) is 9.88. The minimum Gasteiger partial charge on any atom is -0.349 e. The van der Waals surface area contributed by atoms with Crippen molar-refractivity contribution in [1.29, 1.82) is 0 Å². The van der Waals surface area contributed by atoms with Crippen LogP contribution in [0.15, 0.2) is 60.9 Å². The monoisotopic (exact) mass is 664 g/mol. The van der Waals surface area contributed by atoms with Crippen molar-refractivity contribution in [2.24, 2.45) is 25.9 Å². The van der Waals surface area contributed by atoms with Crippen molar-refractivity contribution in [3.8, 4) is 33.6 Å². The fraction of sp³-hybridized carbons (Fsp3) is 0.444. The Balaban J connectivity index is 1.04. The van der Waals surface area contributed by atoms with Crippen molar-refractivity contribution >= 4 is 11.8 Å². The highest BCUT2D eigenvalue weighted by molar-refractivity contribution is 5.79. The van der Waals surface area contributed by atoms with Crippen LogP contribution in [0.25, 0.3) is 33.6 Å². The van der Waals surface area contributed by atoms with Gasteiger partial charge in [-0.05, 0) is 47.9 Å². The van der Waals surface area contributed by atoms with E-state index in [1.54, 1.807) is 12.4 Å². The molecular formula is C36H40F4N6O2. The Kier molecular flexibility index (Phi) is 9.44. The Bertz CT molecular complexity index is 1610. The predicted octanol–water partition coefficient (Wildman–Crippen LogP) is 7.04. The maximum absolute atomic E-state index is 13.5. The van der Waals surface area contributed by atoms with Crippen molar-refractivity contribution < 1.29 is 27.2 Å². The maximum Gasteiger partial charge on any atom is 0.248 e. The molecule has 4 aromatic rings. The van der Waals surface area contributed by atoms with Crippen LogP contribution >= 0.6 is 0 Å². The first-order valence-corrected chi connectivity index (χ1v) is 16.4. The average molecular weight is 665 g/mol. The van der Waals surface area contributed by atoms with Gasteiger partial charge in [0, 0.05) is 51.6 Å². The van der Waals surface area contributed by atoms with Gasteiger partial charge in [-0.15, -0.1) is 0 Å². The van der Waals surface area contributed by atoms with Gasteiger partial charge in [-0.1, -0.05) is 48.5 Å². The quantitative estimate of drug-likeness (QED) is 0.188. The third kappa shape index (κ3) is 7.47. The number of aromatic nitrogens is 4. The van der Waals surface area contributed by atoms with Crippen LogP contribution < -0.4 is 10.6 Å². The van der Waals surface area contributed by atoms with Gasteiger partial charge in [0.2, 0.25) is 23.7 Å². The van der Waals surface area contributed by atoms with Crippen LogP contribution in [0.2, 0.25) is 0 Å². The molecule has 2 aliphatic carbocycles. The Morgan fingerprint density at radius 2 is 0.938 bits per heavy atom. The van der Waals surface area contributed by atoms with E-state index in [0.29, 0.717) is 11.6 Å². The molecule has 48 heavy (non-hydrogen) atoms. The molecule has 0 atom stereocenters. The van der Waals surface area contributed by atoms with Crippen LogP contribution in [0, 0.1) is 11.8 Å². The Hall–Kier alpha value is -4.48. The van der Waals surface area contributed by atoms with Gasteiger partial charge in [0.1, 0.15) is 11.6 Å². The smallest absolute Gasteiger partial charge is 0.248 e. The molecule has 2 N–H and O–H groups in total. The summed E-state index contributed by atoms with van der Waals surface area (Å²) in [7, 11) is 3.77. The Labute approximate surface area is 277 Å². The first-order valence-electron chi connectivity index (χ1n) is 16.4. The van der Waals surface area contributed by atoms with Crippen molar-refractivity contribution in [3.05, 3.63) is 72.6 Å². The number of hydrogen-bond donors (Lipinski definition) is 2. The summed E-state index contributed by atoms with van der Waals surface area (Å²) in [6, 6.07) is 16.2. The number of halogens is 4. The summed E-state index contributed by atoms with van der Waals surface area (Å²) in [6.45, 7) is 0.452. The van der Waals surface area contributed by atoms with Gasteiger partial charge in [-0.2, -0.15) is 0 Å². The van der Waals surface area contributed by atoms with E-state index >= 15 is 0 Å². The molecule has 0 saturated heterocycles. The second-order valence-electron chi connectivity index (χ2n) is 13.1. The van der Waals surface area contributed by atoms with E-state index in [4.69, 9.17) is 0 Å². The summed E-state index contributed by atoms with van der Waals surface area (Å²) < 4.78 is 57.6. The number of alkyl halides is 4. The first-order chi connectivity index (χ1) is 22.9. The summed E-state index contributed by atoms with van der Waals surface area (Å²) >= 11 is 0. The lowest BCUT2D eigenvalue weighted by Crippen LogP contribution is -2.36. The summed E-state index contributed by atoms with van der Waals surface area (Å²) in [6.07, 6.45) is 3.32. The first kappa shape index (κ1) is 33.4. The Morgan fingerprint density at radius 1 is 0.625 bits per heavy atom. The fourth-order valence-corrected chi connectivity index (χ4v) is 6.65. The number of carbonyl (C=O) groups excluding carboxylic acids is 2. The number of carbonyl (C=O) groups is 2. The number of benzene rings is 2. The van der Waals surface area contributed by atoms with Crippen LogP contribution in [0.4, 0.5) is 17.6 Å². The van der Waals surface area contributed by atoms with Gasteiger partial charge in [0.15, 0.2) is 0 Å². The van der Waals surface area contributed by atoms with Gasteiger partial charge in [-0.25, -0.2) is 27.5 Å². The van der Waals surface area contributed by atoms with Crippen LogP contribution in [-0.2, 0) is 36.8 Å². The highest BCUT2D eigenvalue weighted by atomic mass is 19.3. The van der Waals surface area contributed by atoms with Crippen molar-refractivity contribution in [1.82, 2.24) is 29.7 Å². The molecule has 8 nitrogen and oxygen atoms in total. The molecule has 0 spiro atoms. The molecule has 6 rings (SSSR count). The molecule has 2 aromatic heterocycles. The maximum atomic E-state index is 13.5. The molecule has 2 aliphatic rings. The number of imidazole rings is 2. The molecular weight excluding hydrogens is 624 g/mol. The zero-order valence-corrected chi connectivity index (χ0v) is 27.1. The second-order valence-corrected chi connectivity index (χ2v) is 13.1. The molecule has 0 radical (unpaired) electrons. The molecule has 2 saturated carbocycles. The number of amides is 2. The van der Waals surface area contributed by atoms with Crippen LogP contribution in [-0.4, -0.2) is 42.8 Å². The van der Waals surface area contributed by atoms with Gasteiger partial charge >= 0.3 is 0 Å². The molecule has 2 amide bonds. The molecule has 0 aliphatic heterocycles. The SMILES string of the molecule is Cn1c(-c2ccc(-c3ccc(-c4cnc(CNC(=O)C5CCC(F)(F)CC5)n4C)cc3)cc2)cnc1CNC(=O)C1CCC(F)(F)CC1. The van der Waals surface area contributed by atoms with Gasteiger partial charge in [0.05, 0.1) is 36.9 Å². The van der Waals surface area contributed by atoms with Crippen LogP contribution in [0.5, 0.6) is 0 Å². The van der Waals surface area contributed by atoms with Gasteiger partial charge in [-0.3, -0.25) is 9.59 Å². The lowest BCUT2D eigenvalue weighted by atomic mass is 9.86. The van der Waals surface area contributed by atoms with E-state index in [2.05, 4.69) is 20.6 Å². The van der Waals surface area contributed by atoms with E-state index in [0.717, 1.165) is 33.6 Å². The summed E-state index contributed by atoms with van der Waals surface area (Å²) in [4.78, 5) is 34.1. The number of nitrogens with one attached hydrogen (secondary N) is 2. The van der Waals surface area contributed by atoms with Gasteiger partial charge in [0.25, 0.3) is 0 Å². The highest BCUT2D eigenvalue weighted by Crippen LogP contribution is 2.37. The van der Waals surface area contributed by atoms with Crippen LogP contribution in [0.3, 0.4) is 0 Å². The molecule has 0 bridgehead atoms. The summed E-state index contributed by atoms with van der Waals surface area (Å²) in [5.41, 5.74) is 5.78. The van der Waals surface area contributed by atoms with E-state index in [9.17, 15) is 27.2 Å². The van der Waals surface area contributed by atoms with E-state index in [1.165, 1.54) is 0 Å².